The SMILES string of the molecule is CCOc1ccc(NC(=S)NNC(=O)Cn2nc(C)cc2C)cc1. The summed E-state index contributed by atoms with van der Waals surface area (Å²) >= 11 is 5.14. The molecule has 0 spiro atoms. The van der Waals surface area contributed by atoms with Crippen molar-refractivity contribution in [2.24, 2.45) is 0 Å². The molecule has 8 heteroatoms. The second-order valence-corrected chi connectivity index (χ2v) is 5.58. The zero-order valence-electron chi connectivity index (χ0n) is 13.9. The normalized spacial score (nSPS) is 10.1. The van der Waals surface area contributed by atoms with Gasteiger partial charge in [-0.05, 0) is 63.3 Å². The fraction of sp³-hybridized carbons (Fsp3) is 0.312. The predicted molar refractivity (Wildman–Crippen MR) is 96.8 cm³/mol. The van der Waals surface area contributed by atoms with E-state index in [-0.39, 0.29) is 12.5 Å². The molecule has 0 saturated carbocycles. The van der Waals surface area contributed by atoms with Crippen LogP contribution in [0.2, 0.25) is 0 Å². The van der Waals surface area contributed by atoms with Crippen molar-refractivity contribution in [2.75, 3.05) is 11.9 Å². The summed E-state index contributed by atoms with van der Waals surface area (Å²) in [6, 6.07) is 9.29. The summed E-state index contributed by atoms with van der Waals surface area (Å²) in [6.45, 7) is 6.46. The van der Waals surface area contributed by atoms with Gasteiger partial charge in [-0.3, -0.25) is 20.3 Å². The number of thiocarbonyl (C=S) groups is 1. The van der Waals surface area contributed by atoms with E-state index in [2.05, 4.69) is 21.3 Å². The summed E-state index contributed by atoms with van der Waals surface area (Å²) in [5.74, 6) is 0.553. The molecule has 0 aliphatic carbocycles. The van der Waals surface area contributed by atoms with Gasteiger partial charge in [-0.1, -0.05) is 0 Å². The van der Waals surface area contributed by atoms with Crippen LogP contribution in [0.1, 0.15) is 18.3 Å². The highest BCUT2D eigenvalue weighted by molar-refractivity contribution is 7.80. The van der Waals surface area contributed by atoms with Crippen LogP contribution in [0.5, 0.6) is 5.75 Å². The molecule has 1 aromatic carbocycles. The molecule has 1 aromatic heterocycles. The van der Waals surface area contributed by atoms with Gasteiger partial charge in [0.05, 0.1) is 12.3 Å². The lowest BCUT2D eigenvalue weighted by Gasteiger charge is -2.12. The predicted octanol–water partition coefficient (Wildman–Crippen LogP) is 1.92. The highest BCUT2D eigenvalue weighted by Gasteiger charge is 2.07. The lowest BCUT2D eigenvalue weighted by molar-refractivity contribution is -0.122. The average Bonchev–Trinajstić information content (AvgIpc) is 2.85. The van der Waals surface area contributed by atoms with Crippen LogP contribution in [0, 0.1) is 13.8 Å². The number of ether oxygens (including phenoxy) is 1. The van der Waals surface area contributed by atoms with Gasteiger partial charge in [0, 0.05) is 11.4 Å². The molecule has 1 amide bonds. The summed E-state index contributed by atoms with van der Waals surface area (Å²) < 4.78 is 7.01. The van der Waals surface area contributed by atoms with Crippen molar-refractivity contribution in [1.82, 2.24) is 20.6 Å². The Morgan fingerprint density at radius 1 is 1.25 bits per heavy atom. The van der Waals surface area contributed by atoms with E-state index in [0.717, 1.165) is 22.8 Å². The van der Waals surface area contributed by atoms with Crippen molar-refractivity contribution < 1.29 is 9.53 Å². The van der Waals surface area contributed by atoms with Gasteiger partial charge < -0.3 is 10.1 Å². The van der Waals surface area contributed by atoms with E-state index in [0.29, 0.717) is 11.7 Å². The number of nitrogens with zero attached hydrogens (tertiary/aromatic N) is 2. The molecular formula is C16H21N5O2S. The first kappa shape index (κ1) is 17.7. The minimum absolute atomic E-state index is 0.123. The van der Waals surface area contributed by atoms with Crippen LogP contribution in [0.3, 0.4) is 0 Å². The molecule has 24 heavy (non-hydrogen) atoms. The van der Waals surface area contributed by atoms with Crippen molar-refractivity contribution >= 4 is 28.9 Å². The average molecular weight is 347 g/mol. The van der Waals surface area contributed by atoms with Crippen molar-refractivity contribution in [2.45, 2.75) is 27.3 Å². The number of aromatic nitrogens is 2. The summed E-state index contributed by atoms with van der Waals surface area (Å²) in [6.07, 6.45) is 0. The monoisotopic (exact) mass is 347 g/mol. The summed E-state index contributed by atoms with van der Waals surface area (Å²) in [5.41, 5.74) is 7.81. The fourth-order valence-electron chi connectivity index (χ4n) is 2.10. The van der Waals surface area contributed by atoms with Crippen LogP contribution in [0.4, 0.5) is 5.69 Å². The third-order valence-corrected chi connectivity index (χ3v) is 3.34. The number of hydrogen-bond donors (Lipinski definition) is 3. The molecule has 0 fully saturated rings. The lowest BCUT2D eigenvalue weighted by atomic mass is 10.3. The maximum atomic E-state index is 11.9. The standard InChI is InChI=1S/C16H21N5O2S/c1-4-23-14-7-5-13(6-8-14)17-16(24)19-18-15(22)10-21-12(3)9-11(2)20-21/h5-9H,4,10H2,1-3H3,(H,18,22)(H2,17,19,24). The van der Waals surface area contributed by atoms with E-state index in [1.807, 2.05) is 51.1 Å². The van der Waals surface area contributed by atoms with Crippen LogP contribution in [0.25, 0.3) is 0 Å². The minimum Gasteiger partial charge on any atom is -0.494 e. The molecule has 0 radical (unpaired) electrons. The number of anilines is 1. The Hall–Kier alpha value is -2.61. The highest BCUT2D eigenvalue weighted by atomic mass is 32.1. The molecule has 3 N–H and O–H groups in total. The van der Waals surface area contributed by atoms with E-state index >= 15 is 0 Å². The van der Waals surface area contributed by atoms with Gasteiger partial charge in [-0.2, -0.15) is 5.10 Å². The van der Waals surface area contributed by atoms with E-state index in [9.17, 15) is 4.79 Å². The summed E-state index contributed by atoms with van der Waals surface area (Å²) in [4.78, 5) is 11.9. The maximum absolute atomic E-state index is 11.9. The molecule has 0 atom stereocenters. The van der Waals surface area contributed by atoms with Gasteiger partial charge in [0.15, 0.2) is 5.11 Å². The lowest BCUT2D eigenvalue weighted by Crippen LogP contribution is -2.45. The summed E-state index contributed by atoms with van der Waals surface area (Å²) in [7, 11) is 0. The van der Waals surface area contributed by atoms with E-state index in [1.54, 1.807) is 4.68 Å². The second kappa shape index (κ2) is 8.30. The third-order valence-electron chi connectivity index (χ3n) is 3.14. The number of carbonyl (C=O) groups is 1. The number of nitrogens with one attached hydrogen (secondary N) is 3. The largest absolute Gasteiger partial charge is 0.494 e. The zero-order valence-corrected chi connectivity index (χ0v) is 14.7. The van der Waals surface area contributed by atoms with E-state index in [4.69, 9.17) is 17.0 Å². The molecule has 0 saturated heterocycles. The van der Waals surface area contributed by atoms with Crippen LogP contribution >= 0.6 is 12.2 Å². The van der Waals surface area contributed by atoms with Crippen LogP contribution in [0.15, 0.2) is 30.3 Å². The molecule has 0 aliphatic heterocycles. The molecule has 0 unspecified atom stereocenters. The zero-order chi connectivity index (χ0) is 17.5. The quantitative estimate of drug-likeness (QED) is 0.566. The second-order valence-electron chi connectivity index (χ2n) is 5.17. The molecule has 0 aliphatic rings. The molecule has 0 bridgehead atoms. The molecule has 2 rings (SSSR count). The molecule has 128 valence electrons. The minimum atomic E-state index is -0.239. The first-order valence-electron chi connectivity index (χ1n) is 7.57. The molecular weight excluding hydrogens is 326 g/mol. The molecule has 7 nitrogen and oxygen atoms in total. The number of benzene rings is 1. The van der Waals surface area contributed by atoms with Crippen molar-refractivity contribution in [1.29, 1.82) is 0 Å². The van der Waals surface area contributed by atoms with Gasteiger partial charge in [-0.15, -0.1) is 0 Å². The highest BCUT2D eigenvalue weighted by Crippen LogP contribution is 2.15. The van der Waals surface area contributed by atoms with Crippen LogP contribution in [-0.4, -0.2) is 27.4 Å². The van der Waals surface area contributed by atoms with Gasteiger partial charge in [-0.25, -0.2) is 0 Å². The smallest absolute Gasteiger partial charge is 0.260 e. The first-order chi connectivity index (χ1) is 11.5. The van der Waals surface area contributed by atoms with E-state index < -0.39 is 0 Å². The van der Waals surface area contributed by atoms with Crippen molar-refractivity contribution in [3.63, 3.8) is 0 Å². The Morgan fingerprint density at radius 3 is 2.54 bits per heavy atom. The topological polar surface area (TPSA) is 80.2 Å². The van der Waals surface area contributed by atoms with Crippen molar-refractivity contribution in [3.05, 3.63) is 41.7 Å². The Morgan fingerprint density at radius 2 is 1.96 bits per heavy atom. The third kappa shape index (κ3) is 5.24. The van der Waals surface area contributed by atoms with Crippen LogP contribution in [-0.2, 0) is 11.3 Å². The van der Waals surface area contributed by atoms with Gasteiger partial charge in [0.25, 0.3) is 5.91 Å². The molecule has 2 aromatic rings. The maximum Gasteiger partial charge on any atom is 0.260 e. The number of amides is 1. The number of aryl methyl sites for hydroxylation is 2. The van der Waals surface area contributed by atoms with Gasteiger partial charge >= 0.3 is 0 Å². The fourth-order valence-corrected chi connectivity index (χ4v) is 2.27. The van der Waals surface area contributed by atoms with E-state index in [1.165, 1.54) is 0 Å². The van der Waals surface area contributed by atoms with Gasteiger partial charge in [0.2, 0.25) is 0 Å². The van der Waals surface area contributed by atoms with Crippen molar-refractivity contribution in [3.8, 4) is 5.75 Å². The number of carbonyl (C=O) groups excluding carboxylic acids is 1. The molecule has 1 heterocycles. The number of rotatable bonds is 5. The Labute approximate surface area is 146 Å². The summed E-state index contributed by atoms with van der Waals surface area (Å²) in [5, 5.41) is 7.50. The first-order valence-corrected chi connectivity index (χ1v) is 7.98. The Bertz CT molecular complexity index is 712. The van der Waals surface area contributed by atoms with Crippen LogP contribution < -0.4 is 20.9 Å². The van der Waals surface area contributed by atoms with Gasteiger partial charge in [0.1, 0.15) is 12.3 Å². The number of hydrogen-bond acceptors (Lipinski definition) is 4. The number of hydrazine groups is 1. The Balaban J connectivity index is 1.78. The Kier molecular flexibility index (Phi) is 6.14.